The number of aliphatic hydroxyl groups is 1. The minimum atomic E-state index is -0.428. The summed E-state index contributed by atoms with van der Waals surface area (Å²) < 4.78 is 0. The number of aromatic hydroxyl groups is 1. The number of piperazine rings is 1. The van der Waals surface area contributed by atoms with Crippen LogP contribution in [0.4, 0.5) is 0 Å². The lowest BCUT2D eigenvalue weighted by molar-refractivity contribution is 0.0293. The number of nitrogens with one attached hydrogen (secondary N) is 1. The number of benzene rings is 1. The molecule has 0 saturated carbocycles. The average Bonchev–Trinajstić information content (AvgIpc) is 2.45. The van der Waals surface area contributed by atoms with Crippen molar-refractivity contribution in [1.82, 2.24) is 10.2 Å². The third kappa shape index (κ3) is 3.63. The van der Waals surface area contributed by atoms with Crippen molar-refractivity contribution in [3.05, 3.63) is 27.7 Å². The zero-order valence-electron chi connectivity index (χ0n) is 12.4. The molecule has 0 bridgehead atoms. The molecule has 0 amide bonds. The molecule has 1 heterocycles. The highest BCUT2D eigenvalue weighted by molar-refractivity contribution is 6.35. The predicted molar refractivity (Wildman–Crippen MR) is 86.2 cm³/mol. The maximum atomic E-state index is 10.4. The van der Waals surface area contributed by atoms with Crippen LogP contribution in [0, 0.1) is 5.41 Å². The van der Waals surface area contributed by atoms with Gasteiger partial charge < -0.3 is 15.5 Å². The third-order valence-electron chi connectivity index (χ3n) is 4.02. The molecule has 0 aromatic heterocycles. The fraction of sp³-hybridized carbons (Fsp3) is 0.600. The zero-order chi connectivity index (χ0) is 15.6. The standard InChI is InChI=1S/C15H22Cl2N2O2/c1-15(2,9-20)14(19-5-3-18-4-6-19)11-7-10(16)8-12(17)13(11)21/h7-8,14,18,20-21H,3-6,9H2,1-2H3/t14-/m1/s1. The molecule has 1 aliphatic heterocycles. The molecule has 118 valence electrons. The number of halogens is 2. The van der Waals surface area contributed by atoms with Gasteiger partial charge in [-0.15, -0.1) is 0 Å². The number of rotatable bonds is 4. The summed E-state index contributed by atoms with van der Waals surface area (Å²) in [6, 6.07) is 3.12. The topological polar surface area (TPSA) is 55.7 Å². The summed E-state index contributed by atoms with van der Waals surface area (Å²) in [5.41, 5.74) is 0.247. The minimum absolute atomic E-state index is 0.00513. The molecule has 6 heteroatoms. The van der Waals surface area contributed by atoms with Gasteiger partial charge in [0.1, 0.15) is 5.75 Å². The molecule has 0 radical (unpaired) electrons. The van der Waals surface area contributed by atoms with E-state index in [1.807, 2.05) is 13.8 Å². The molecule has 0 unspecified atom stereocenters. The molecule has 4 nitrogen and oxygen atoms in total. The van der Waals surface area contributed by atoms with Crippen molar-refractivity contribution < 1.29 is 10.2 Å². The number of nitrogens with zero attached hydrogens (tertiary/aromatic N) is 1. The van der Waals surface area contributed by atoms with Gasteiger partial charge in [-0.25, -0.2) is 0 Å². The molecular formula is C15H22Cl2N2O2. The molecule has 0 aliphatic carbocycles. The van der Waals surface area contributed by atoms with Crippen LogP contribution in [0.1, 0.15) is 25.5 Å². The Morgan fingerprint density at radius 2 is 1.90 bits per heavy atom. The highest BCUT2D eigenvalue weighted by Crippen LogP contribution is 2.45. The van der Waals surface area contributed by atoms with E-state index in [4.69, 9.17) is 23.2 Å². The van der Waals surface area contributed by atoms with Crippen LogP contribution in [0.5, 0.6) is 5.75 Å². The molecule has 2 rings (SSSR count). The van der Waals surface area contributed by atoms with Crippen molar-refractivity contribution in [3.8, 4) is 5.75 Å². The number of phenols is 1. The van der Waals surface area contributed by atoms with Gasteiger partial charge in [0, 0.05) is 54.8 Å². The Morgan fingerprint density at radius 3 is 2.48 bits per heavy atom. The number of phenolic OH excluding ortho intramolecular Hbond substituents is 1. The third-order valence-corrected chi connectivity index (χ3v) is 4.52. The van der Waals surface area contributed by atoms with Crippen molar-refractivity contribution in [2.75, 3.05) is 32.8 Å². The summed E-state index contributed by atoms with van der Waals surface area (Å²) in [6.45, 7) is 7.42. The fourth-order valence-corrected chi connectivity index (χ4v) is 3.44. The van der Waals surface area contributed by atoms with Gasteiger partial charge in [-0.2, -0.15) is 0 Å². The molecule has 1 saturated heterocycles. The predicted octanol–water partition coefficient (Wildman–Crippen LogP) is 2.66. The average molecular weight is 333 g/mol. The van der Waals surface area contributed by atoms with E-state index in [0.29, 0.717) is 10.6 Å². The Labute approximate surface area is 135 Å². The fourth-order valence-electron chi connectivity index (χ4n) is 2.93. The second-order valence-corrected chi connectivity index (χ2v) is 7.00. The van der Waals surface area contributed by atoms with E-state index in [1.54, 1.807) is 6.07 Å². The summed E-state index contributed by atoms with van der Waals surface area (Å²) >= 11 is 12.2. The van der Waals surface area contributed by atoms with Crippen molar-refractivity contribution in [2.45, 2.75) is 19.9 Å². The molecule has 0 spiro atoms. The number of aliphatic hydroxyl groups excluding tert-OH is 1. The molecular weight excluding hydrogens is 311 g/mol. The smallest absolute Gasteiger partial charge is 0.139 e. The first-order valence-corrected chi connectivity index (χ1v) is 7.86. The Hall–Kier alpha value is -0.520. The van der Waals surface area contributed by atoms with Crippen LogP contribution in [0.25, 0.3) is 0 Å². The van der Waals surface area contributed by atoms with E-state index in [0.717, 1.165) is 26.2 Å². The van der Waals surface area contributed by atoms with Crippen LogP contribution in [-0.2, 0) is 0 Å². The number of hydrogen-bond acceptors (Lipinski definition) is 4. The van der Waals surface area contributed by atoms with E-state index in [2.05, 4.69) is 10.2 Å². The SMILES string of the molecule is CC(C)(CO)[C@@H](c1cc(Cl)cc(Cl)c1O)N1CCNCC1. The van der Waals surface area contributed by atoms with Crippen LogP contribution < -0.4 is 5.32 Å². The molecule has 1 aliphatic rings. The van der Waals surface area contributed by atoms with Crippen molar-refractivity contribution in [1.29, 1.82) is 0 Å². The molecule has 21 heavy (non-hydrogen) atoms. The first-order valence-electron chi connectivity index (χ1n) is 7.10. The van der Waals surface area contributed by atoms with E-state index < -0.39 is 5.41 Å². The second kappa shape index (κ2) is 6.71. The first-order chi connectivity index (χ1) is 9.86. The van der Waals surface area contributed by atoms with Gasteiger partial charge in [-0.1, -0.05) is 37.0 Å². The van der Waals surface area contributed by atoms with E-state index >= 15 is 0 Å². The summed E-state index contributed by atoms with van der Waals surface area (Å²) in [5, 5.41) is 24.2. The maximum Gasteiger partial charge on any atom is 0.139 e. The van der Waals surface area contributed by atoms with E-state index in [1.165, 1.54) is 6.07 Å². The highest BCUT2D eigenvalue weighted by Gasteiger charge is 2.37. The van der Waals surface area contributed by atoms with Gasteiger partial charge >= 0.3 is 0 Å². The van der Waals surface area contributed by atoms with Crippen LogP contribution in [0.3, 0.4) is 0 Å². The molecule has 1 aromatic carbocycles. The van der Waals surface area contributed by atoms with Gasteiger partial charge in [0.25, 0.3) is 0 Å². The van der Waals surface area contributed by atoms with E-state index in [-0.39, 0.29) is 23.4 Å². The van der Waals surface area contributed by atoms with Gasteiger partial charge in [-0.05, 0) is 12.1 Å². The van der Waals surface area contributed by atoms with Gasteiger partial charge in [0.15, 0.2) is 0 Å². The molecule has 3 N–H and O–H groups in total. The monoisotopic (exact) mass is 332 g/mol. The zero-order valence-corrected chi connectivity index (χ0v) is 13.9. The lowest BCUT2D eigenvalue weighted by atomic mass is 9.79. The Bertz CT molecular complexity index is 503. The lowest BCUT2D eigenvalue weighted by Gasteiger charge is -2.43. The van der Waals surface area contributed by atoms with Crippen molar-refractivity contribution in [3.63, 3.8) is 0 Å². The van der Waals surface area contributed by atoms with Crippen LogP contribution in [-0.4, -0.2) is 47.9 Å². The van der Waals surface area contributed by atoms with Crippen molar-refractivity contribution >= 4 is 23.2 Å². The Balaban J connectivity index is 2.49. The van der Waals surface area contributed by atoms with E-state index in [9.17, 15) is 10.2 Å². The van der Waals surface area contributed by atoms with Gasteiger partial charge in [0.05, 0.1) is 5.02 Å². The molecule has 1 aromatic rings. The minimum Gasteiger partial charge on any atom is -0.506 e. The van der Waals surface area contributed by atoms with Crippen LogP contribution in [0.2, 0.25) is 10.0 Å². The lowest BCUT2D eigenvalue weighted by Crippen LogP contribution is -2.49. The van der Waals surface area contributed by atoms with Crippen molar-refractivity contribution in [2.24, 2.45) is 5.41 Å². The highest BCUT2D eigenvalue weighted by atomic mass is 35.5. The maximum absolute atomic E-state index is 10.4. The van der Waals surface area contributed by atoms with Gasteiger partial charge in [-0.3, -0.25) is 4.90 Å². The summed E-state index contributed by atoms with van der Waals surface area (Å²) in [5.74, 6) is 0.0473. The Morgan fingerprint density at radius 1 is 1.29 bits per heavy atom. The summed E-state index contributed by atoms with van der Waals surface area (Å²) in [6.07, 6.45) is 0. The summed E-state index contributed by atoms with van der Waals surface area (Å²) in [4.78, 5) is 2.26. The molecule has 1 fully saturated rings. The second-order valence-electron chi connectivity index (χ2n) is 6.16. The number of hydrogen-bond donors (Lipinski definition) is 3. The molecule has 1 atom stereocenters. The van der Waals surface area contributed by atoms with Crippen LogP contribution >= 0.6 is 23.2 Å². The largest absolute Gasteiger partial charge is 0.506 e. The quantitative estimate of drug-likeness (QED) is 0.793. The first kappa shape index (κ1) is 16.8. The Kier molecular flexibility index (Phi) is 5.38. The normalized spacial score (nSPS) is 18.7. The van der Waals surface area contributed by atoms with Gasteiger partial charge in [0.2, 0.25) is 0 Å². The van der Waals surface area contributed by atoms with Crippen LogP contribution in [0.15, 0.2) is 12.1 Å². The summed E-state index contributed by atoms with van der Waals surface area (Å²) in [7, 11) is 0.